The molecular weight excluding hydrogens is 468 g/mol. The molecule has 1 fully saturated rings. The first kappa shape index (κ1) is 24.6. The molecule has 4 rings (SSSR count). The van der Waals surface area contributed by atoms with Crippen LogP contribution in [0, 0.1) is 5.92 Å². The number of anilines is 1. The van der Waals surface area contributed by atoms with Gasteiger partial charge in [0.05, 0.1) is 25.3 Å². The Morgan fingerprint density at radius 3 is 2.80 bits per heavy atom. The summed E-state index contributed by atoms with van der Waals surface area (Å²) in [6.45, 7) is 4.16. The van der Waals surface area contributed by atoms with E-state index >= 15 is 0 Å². The van der Waals surface area contributed by atoms with E-state index in [2.05, 4.69) is 10.4 Å². The fourth-order valence-electron chi connectivity index (χ4n) is 4.19. The zero-order chi connectivity index (χ0) is 24.8. The van der Waals surface area contributed by atoms with Crippen molar-refractivity contribution in [2.45, 2.75) is 26.3 Å². The third-order valence-electron chi connectivity index (χ3n) is 5.95. The van der Waals surface area contributed by atoms with E-state index in [1.807, 2.05) is 30.0 Å². The molecule has 0 radical (unpaired) electrons. The Kier molecular flexibility index (Phi) is 7.92. The SMILES string of the molecule is CCOc1ccc(CNC(=O)[C@H]2CCCN(c3ccc(=O)n(-c4cccc(Cl)c4)n3)C2)cc1OC. The van der Waals surface area contributed by atoms with Crippen LogP contribution < -0.4 is 25.2 Å². The fourth-order valence-corrected chi connectivity index (χ4v) is 4.38. The Hall–Kier alpha value is -3.52. The summed E-state index contributed by atoms with van der Waals surface area (Å²) >= 11 is 6.09. The average molecular weight is 497 g/mol. The number of piperidine rings is 1. The predicted octanol–water partition coefficient (Wildman–Crippen LogP) is 3.83. The standard InChI is InChI=1S/C26H29ClN4O4/c1-3-35-22-10-9-18(14-23(22)34-2)16-28-26(33)19-6-5-13-30(17-19)24-11-12-25(32)31(29-24)21-8-4-7-20(27)15-21/h4,7-12,14-15,19H,3,5-6,13,16-17H2,1-2H3,(H,28,33)/t19-/m0/s1. The van der Waals surface area contributed by atoms with E-state index in [9.17, 15) is 9.59 Å². The quantitative estimate of drug-likeness (QED) is 0.510. The number of halogens is 1. The van der Waals surface area contributed by atoms with Crippen LogP contribution in [-0.2, 0) is 11.3 Å². The van der Waals surface area contributed by atoms with E-state index in [0.29, 0.717) is 47.7 Å². The van der Waals surface area contributed by atoms with E-state index in [0.717, 1.165) is 24.9 Å². The monoisotopic (exact) mass is 496 g/mol. The maximum absolute atomic E-state index is 13.0. The van der Waals surface area contributed by atoms with Gasteiger partial charge in [0.2, 0.25) is 5.91 Å². The molecule has 1 aliphatic rings. The number of methoxy groups -OCH3 is 1. The smallest absolute Gasteiger partial charge is 0.271 e. The summed E-state index contributed by atoms with van der Waals surface area (Å²) in [5.41, 5.74) is 1.29. The van der Waals surface area contributed by atoms with Gasteiger partial charge in [-0.25, -0.2) is 0 Å². The number of hydrogen-bond donors (Lipinski definition) is 1. The lowest BCUT2D eigenvalue weighted by Crippen LogP contribution is -2.43. The summed E-state index contributed by atoms with van der Waals surface area (Å²) < 4.78 is 12.3. The van der Waals surface area contributed by atoms with Gasteiger partial charge in [-0.05, 0) is 61.7 Å². The Morgan fingerprint density at radius 1 is 1.17 bits per heavy atom. The second kappa shape index (κ2) is 11.3. The maximum Gasteiger partial charge on any atom is 0.271 e. The Balaban J connectivity index is 1.42. The summed E-state index contributed by atoms with van der Waals surface area (Å²) in [7, 11) is 1.60. The van der Waals surface area contributed by atoms with Gasteiger partial charge in [0.25, 0.3) is 5.56 Å². The Labute approximate surface area is 209 Å². The highest BCUT2D eigenvalue weighted by Crippen LogP contribution is 2.28. The first-order chi connectivity index (χ1) is 17.0. The van der Waals surface area contributed by atoms with Crippen molar-refractivity contribution in [1.29, 1.82) is 0 Å². The van der Waals surface area contributed by atoms with Crippen molar-refractivity contribution in [3.63, 3.8) is 0 Å². The van der Waals surface area contributed by atoms with E-state index in [1.165, 1.54) is 10.7 Å². The normalized spacial score (nSPS) is 15.5. The van der Waals surface area contributed by atoms with Gasteiger partial charge in [-0.2, -0.15) is 4.68 Å². The molecule has 1 amide bonds. The second-order valence-electron chi connectivity index (χ2n) is 8.34. The van der Waals surface area contributed by atoms with Crippen molar-refractivity contribution in [1.82, 2.24) is 15.1 Å². The molecule has 8 nitrogen and oxygen atoms in total. The highest BCUT2D eigenvalue weighted by molar-refractivity contribution is 6.30. The maximum atomic E-state index is 13.0. The van der Waals surface area contributed by atoms with Crippen molar-refractivity contribution < 1.29 is 14.3 Å². The third-order valence-corrected chi connectivity index (χ3v) is 6.18. The van der Waals surface area contributed by atoms with Gasteiger partial charge >= 0.3 is 0 Å². The summed E-state index contributed by atoms with van der Waals surface area (Å²) in [6.07, 6.45) is 1.65. The topological polar surface area (TPSA) is 85.7 Å². The van der Waals surface area contributed by atoms with E-state index in [1.54, 1.807) is 37.4 Å². The molecule has 1 aliphatic heterocycles. The summed E-state index contributed by atoms with van der Waals surface area (Å²) in [5, 5.41) is 8.12. The van der Waals surface area contributed by atoms with Gasteiger partial charge in [0, 0.05) is 30.7 Å². The first-order valence-corrected chi connectivity index (χ1v) is 12.0. The van der Waals surface area contributed by atoms with E-state index in [4.69, 9.17) is 21.1 Å². The number of rotatable bonds is 8. The molecule has 9 heteroatoms. The lowest BCUT2D eigenvalue weighted by Gasteiger charge is -2.33. The molecule has 1 atom stereocenters. The van der Waals surface area contributed by atoms with Gasteiger partial charge < -0.3 is 19.7 Å². The largest absolute Gasteiger partial charge is 0.493 e. The number of carbonyl (C=O) groups is 1. The van der Waals surface area contributed by atoms with Crippen molar-refractivity contribution in [2.75, 3.05) is 31.7 Å². The molecule has 1 aromatic heterocycles. The van der Waals surface area contributed by atoms with E-state index in [-0.39, 0.29) is 17.4 Å². The number of nitrogens with one attached hydrogen (secondary N) is 1. The number of benzene rings is 2. The van der Waals surface area contributed by atoms with Crippen LogP contribution in [0.25, 0.3) is 5.69 Å². The highest BCUT2D eigenvalue weighted by atomic mass is 35.5. The molecule has 3 aromatic rings. The highest BCUT2D eigenvalue weighted by Gasteiger charge is 2.27. The lowest BCUT2D eigenvalue weighted by molar-refractivity contribution is -0.125. The number of nitrogens with zero attached hydrogens (tertiary/aromatic N) is 3. The van der Waals surface area contributed by atoms with Crippen LogP contribution in [0.1, 0.15) is 25.3 Å². The van der Waals surface area contributed by atoms with Crippen molar-refractivity contribution in [2.24, 2.45) is 5.92 Å². The third kappa shape index (κ3) is 5.95. The summed E-state index contributed by atoms with van der Waals surface area (Å²) in [6, 6.07) is 15.9. The van der Waals surface area contributed by atoms with Crippen LogP contribution in [0.5, 0.6) is 11.5 Å². The molecule has 0 saturated carbocycles. The number of amides is 1. The van der Waals surface area contributed by atoms with Gasteiger partial charge in [-0.3, -0.25) is 9.59 Å². The summed E-state index contributed by atoms with van der Waals surface area (Å²) in [5.74, 6) is 1.79. The number of ether oxygens (including phenoxy) is 2. The molecule has 35 heavy (non-hydrogen) atoms. The van der Waals surface area contributed by atoms with Gasteiger partial charge in [0.15, 0.2) is 11.5 Å². The second-order valence-corrected chi connectivity index (χ2v) is 8.78. The van der Waals surface area contributed by atoms with E-state index < -0.39 is 0 Å². The zero-order valence-corrected chi connectivity index (χ0v) is 20.6. The van der Waals surface area contributed by atoms with Crippen molar-refractivity contribution in [3.8, 4) is 17.2 Å². The molecular formula is C26H29ClN4O4. The minimum absolute atomic E-state index is 0.00860. The first-order valence-electron chi connectivity index (χ1n) is 11.7. The van der Waals surface area contributed by atoms with Crippen LogP contribution in [0.15, 0.2) is 59.4 Å². The average Bonchev–Trinajstić information content (AvgIpc) is 2.88. The van der Waals surface area contributed by atoms with Crippen LogP contribution in [0.2, 0.25) is 5.02 Å². The zero-order valence-electron chi connectivity index (χ0n) is 19.9. The fraction of sp³-hybridized carbons (Fsp3) is 0.346. The van der Waals surface area contributed by atoms with Crippen LogP contribution >= 0.6 is 11.6 Å². The van der Waals surface area contributed by atoms with Crippen LogP contribution in [-0.4, -0.2) is 42.5 Å². The number of aromatic nitrogens is 2. The molecule has 0 spiro atoms. The molecule has 1 saturated heterocycles. The van der Waals surface area contributed by atoms with Gasteiger partial charge in [0.1, 0.15) is 5.82 Å². The summed E-state index contributed by atoms with van der Waals surface area (Å²) in [4.78, 5) is 27.4. The van der Waals surface area contributed by atoms with Crippen LogP contribution in [0.3, 0.4) is 0 Å². The number of carbonyl (C=O) groups excluding carboxylic acids is 1. The predicted molar refractivity (Wildman–Crippen MR) is 136 cm³/mol. The molecule has 0 unspecified atom stereocenters. The van der Waals surface area contributed by atoms with Crippen molar-refractivity contribution >= 4 is 23.3 Å². The van der Waals surface area contributed by atoms with Gasteiger partial charge in [-0.15, -0.1) is 5.10 Å². The van der Waals surface area contributed by atoms with Crippen LogP contribution in [0.4, 0.5) is 5.82 Å². The molecule has 1 N–H and O–H groups in total. The number of hydrogen-bond acceptors (Lipinski definition) is 6. The minimum Gasteiger partial charge on any atom is -0.493 e. The molecule has 2 heterocycles. The van der Waals surface area contributed by atoms with Crippen molar-refractivity contribution in [3.05, 3.63) is 75.5 Å². The lowest BCUT2D eigenvalue weighted by atomic mass is 9.97. The minimum atomic E-state index is -0.242. The Morgan fingerprint density at radius 2 is 2.03 bits per heavy atom. The molecule has 0 bridgehead atoms. The van der Waals surface area contributed by atoms with Gasteiger partial charge in [-0.1, -0.05) is 23.7 Å². The Bertz CT molecular complexity index is 1250. The molecule has 2 aromatic carbocycles. The molecule has 0 aliphatic carbocycles. The molecule has 184 valence electrons.